The van der Waals surface area contributed by atoms with Crippen LogP contribution in [0.1, 0.15) is 19.3 Å². The summed E-state index contributed by atoms with van der Waals surface area (Å²) in [5.74, 6) is 0.180. The standard InChI is InChI=1S/C27H21N7OS/c35-27(15-3-1-4-15)31-17-9-16(12-28-13-17)21-10-19-23(14-30-21)33-34-25(19)22-11-18-20(32-22)6-7-29-26(18)24-5-2-8-36-24/h2,5-15,32H,1,3-4H2,(H,31,35)(H,33,34). The van der Waals surface area contributed by atoms with Crippen LogP contribution in [0.25, 0.3) is 55.0 Å². The van der Waals surface area contributed by atoms with Crippen molar-refractivity contribution < 1.29 is 4.79 Å². The van der Waals surface area contributed by atoms with Gasteiger partial charge in [0.15, 0.2) is 0 Å². The Morgan fingerprint density at radius 2 is 1.92 bits per heavy atom. The molecule has 6 aromatic heterocycles. The van der Waals surface area contributed by atoms with Crippen molar-refractivity contribution in [1.82, 2.24) is 30.1 Å². The van der Waals surface area contributed by atoms with E-state index < -0.39 is 0 Å². The lowest BCUT2D eigenvalue weighted by Crippen LogP contribution is -2.28. The molecule has 8 nitrogen and oxygen atoms in total. The monoisotopic (exact) mass is 491 g/mol. The van der Waals surface area contributed by atoms with E-state index in [-0.39, 0.29) is 11.8 Å². The average Bonchev–Trinajstić information content (AvgIpc) is 3.61. The summed E-state index contributed by atoms with van der Waals surface area (Å²) in [7, 11) is 0. The Hall–Kier alpha value is -4.37. The summed E-state index contributed by atoms with van der Waals surface area (Å²) in [5, 5.41) is 14.7. The van der Waals surface area contributed by atoms with Crippen molar-refractivity contribution in [2.75, 3.05) is 5.32 Å². The second kappa shape index (κ2) is 8.39. The van der Waals surface area contributed by atoms with Gasteiger partial charge in [-0.15, -0.1) is 11.3 Å². The maximum absolute atomic E-state index is 12.4. The zero-order chi connectivity index (χ0) is 24.1. The van der Waals surface area contributed by atoms with Crippen LogP contribution in [0, 0.1) is 5.92 Å². The first-order chi connectivity index (χ1) is 17.7. The van der Waals surface area contributed by atoms with Crippen molar-refractivity contribution in [1.29, 1.82) is 0 Å². The number of rotatable bonds is 5. The van der Waals surface area contributed by atoms with E-state index in [1.807, 2.05) is 30.5 Å². The van der Waals surface area contributed by atoms with Gasteiger partial charge in [-0.1, -0.05) is 12.5 Å². The van der Waals surface area contributed by atoms with Gasteiger partial charge in [-0.3, -0.25) is 24.8 Å². The highest BCUT2D eigenvalue weighted by molar-refractivity contribution is 7.13. The highest BCUT2D eigenvalue weighted by Gasteiger charge is 2.25. The Bertz CT molecular complexity index is 1730. The summed E-state index contributed by atoms with van der Waals surface area (Å²) in [5.41, 5.74) is 6.79. The van der Waals surface area contributed by atoms with E-state index in [4.69, 9.17) is 0 Å². The van der Waals surface area contributed by atoms with Gasteiger partial charge in [0, 0.05) is 40.2 Å². The van der Waals surface area contributed by atoms with Gasteiger partial charge >= 0.3 is 0 Å². The van der Waals surface area contributed by atoms with E-state index in [1.54, 1.807) is 29.9 Å². The molecule has 0 atom stereocenters. The van der Waals surface area contributed by atoms with Crippen molar-refractivity contribution in [3.05, 3.63) is 66.6 Å². The fourth-order valence-electron chi connectivity index (χ4n) is 4.63. The number of aromatic nitrogens is 6. The number of fused-ring (bicyclic) bond motifs is 2. The van der Waals surface area contributed by atoms with Crippen molar-refractivity contribution in [3.63, 3.8) is 0 Å². The number of hydrogen-bond donors (Lipinski definition) is 3. The maximum atomic E-state index is 12.4. The molecule has 0 spiro atoms. The first-order valence-electron chi connectivity index (χ1n) is 11.9. The summed E-state index contributed by atoms with van der Waals surface area (Å²) in [4.78, 5) is 30.6. The van der Waals surface area contributed by atoms with Gasteiger partial charge < -0.3 is 10.3 Å². The van der Waals surface area contributed by atoms with E-state index in [0.29, 0.717) is 5.69 Å². The molecule has 9 heteroatoms. The van der Waals surface area contributed by atoms with Crippen molar-refractivity contribution in [2.24, 2.45) is 5.92 Å². The molecule has 6 heterocycles. The van der Waals surface area contributed by atoms with Gasteiger partial charge in [-0.05, 0) is 48.6 Å². The summed E-state index contributed by atoms with van der Waals surface area (Å²) < 4.78 is 0. The summed E-state index contributed by atoms with van der Waals surface area (Å²) in [6.45, 7) is 0. The van der Waals surface area contributed by atoms with Crippen molar-refractivity contribution >= 4 is 44.7 Å². The Morgan fingerprint density at radius 3 is 2.75 bits per heavy atom. The van der Waals surface area contributed by atoms with Crippen LogP contribution in [0.2, 0.25) is 0 Å². The molecule has 0 unspecified atom stereocenters. The third kappa shape index (κ3) is 3.56. The van der Waals surface area contributed by atoms with Crippen molar-refractivity contribution in [3.8, 4) is 33.2 Å². The molecule has 1 aliphatic carbocycles. The zero-order valence-corrected chi connectivity index (χ0v) is 20.0. The van der Waals surface area contributed by atoms with Crippen LogP contribution in [0.3, 0.4) is 0 Å². The largest absolute Gasteiger partial charge is 0.353 e. The number of carbonyl (C=O) groups is 1. The van der Waals surface area contributed by atoms with Gasteiger partial charge in [0.25, 0.3) is 0 Å². The predicted molar refractivity (Wildman–Crippen MR) is 141 cm³/mol. The molecule has 0 bridgehead atoms. The van der Waals surface area contributed by atoms with Crippen LogP contribution in [0.5, 0.6) is 0 Å². The van der Waals surface area contributed by atoms with E-state index in [2.05, 4.69) is 53.0 Å². The number of nitrogens with one attached hydrogen (secondary N) is 3. The van der Waals surface area contributed by atoms with Crippen LogP contribution in [-0.4, -0.2) is 36.0 Å². The van der Waals surface area contributed by atoms with Gasteiger partial charge in [0.1, 0.15) is 5.69 Å². The van der Waals surface area contributed by atoms with Gasteiger partial charge in [-0.25, -0.2) is 0 Å². The molecule has 176 valence electrons. The fourth-order valence-corrected chi connectivity index (χ4v) is 5.37. The second-order valence-corrected chi connectivity index (χ2v) is 10.00. The molecule has 36 heavy (non-hydrogen) atoms. The summed E-state index contributed by atoms with van der Waals surface area (Å²) in [6.07, 6.45) is 10.1. The van der Waals surface area contributed by atoms with E-state index in [0.717, 1.165) is 74.3 Å². The smallest absolute Gasteiger partial charge is 0.227 e. The third-order valence-corrected chi connectivity index (χ3v) is 7.66. The Morgan fingerprint density at radius 1 is 1.00 bits per heavy atom. The molecule has 0 aliphatic heterocycles. The van der Waals surface area contributed by atoms with Crippen LogP contribution < -0.4 is 5.32 Å². The van der Waals surface area contributed by atoms with Crippen molar-refractivity contribution in [2.45, 2.75) is 19.3 Å². The molecule has 1 amide bonds. The van der Waals surface area contributed by atoms with Crippen LogP contribution >= 0.6 is 11.3 Å². The topological polar surface area (TPSA) is 112 Å². The fraction of sp³-hybridized carbons (Fsp3) is 0.148. The molecule has 3 N–H and O–H groups in total. The minimum atomic E-state index is 0.0657. The number of amides is 1. The molecule has 6 aromatic rings. The van der Waals surface area contributed by atoms with Gasteiger partial charge in [-0.2, -0.15) is 5.10 Å². The number of aromatic amines is 2. The van der Waals surface area contributed by atoms with Gasteiger partial charge in [0.2, 0.25) is 5.91 Å². The third-order valence-electron chi connectivity index (χ3n) is 6.78. The lowest BCUT2D eigenvalue weighted by atomic mass is 9.85. The first-order valence-corrected chi connectivity index (χ1v) is 12.7. The Kier molecular flexibility index (Phi) is 4.88. The number of nitrogens with zero attached hydrogens (tertiary/aromatic N) is 4. The van der Waals surface area contributed by atoms with Crippen LogP contribution in [0.4, 0.5) is 5.69 Å². The van der Waals surface area contributed by atoms with E-state index in [1.165, 1.54) is 0 Å². The normalized spacial score (nSPS) is 13.8. The minimum Gasteiger partial charge on any atom is -0.353 e. The summed E-state index contributed by atoms with van der Waals surface area (Å²) >= 11 is 1.67. The average molecular weight is 492 g/mol. The van der Waals surface area contributed by atoms with E-state index >= 15 is 0 Å². The molecule has 0 radical (unpaired) electrons. The van der Waals surface area contributed by atoms with E-state index in [9.17, 15) is 4.79 Å². The minimum absolute atomic E-state index is 0.0657. The highest BCUT2D eigenvalue weighted by Crippen LogP contribution is 2.35. The molecule has 7 rings (SSSR count). The van der Waals surface area contributed by atoms with Crippen LogP contribution in [-0.2, 0) is 4.79 Å². The molecule has 1 fully saturated rings. The molecular formula is C27H21N7OS. The zero-order valence-electron chi connectivity index (χ0n) is 19.2. The first kappa shape index (κ1) is 21.0. The molecule has 1 aliphatic rings. The number of pyridine rings is 3. The SMILES string of the molecule is O=C(Nc1cncc(-c2cc3c(-c4cc5c(-c6cccs6)nccc5[nH]4)n[nH]c3cn2)c1)C1CCC1. The number of anilines is 1. The Labute approximate surface area is 209 Å². The number of thiophene rings is 1. The molecule has 0 aromatic carbocycles. The maximum Gasteiger partial charge on any atom is 0.227 e. The quantitative estimate of drug-likeness (QED) is 0.273. The summed E-state index contributed by atoms with van der Waals surface area (Å²) in [6, 6.07) is 12.1. The molecule has 1 saturated carbocycles. The predicted octanol–water partition coefficient (Wildman–Crippen LogP) is 6.03. The lowest BCUT2D eigenvalue weighted by Gasteiger charge is -2.24. The number of carbonyl (C=O) groups excluding carboxylic acids is 1. The second-order valence-electron chi connectivity index (χ2n) is 9.05. The Balaban J connectivity index is 1.26. The van der Waals surface area contributed by atoms with Gasteiger partial charge in [0.05, 0.1) is 45.6 Å². The number of hydrogen-bond acceptors (Lipinski definition) is 6. The number of H-pyrrole nitrogens is 2. The highest BCUT2D eigenvalue weighted by atomic mass is 32.1. The molecular weight excluding hydrogens is 470 g/mol. The lowest BCUT2D eigenvalue weighted by molar-refractivity contribution is -0.122. The van der Waals surface area contributed by atoms with Crippen LogP contribution in [0.15, 0.2) is 66.6 Å². The molecule has 0 saturated heterocycles.